The molecule has 0 atom stereocenters. The molecule has 0 saturated heterocycles. The van der Waals surface area contributed by atoms with Gasteiger partial charge in [0.2, 0.25) is 0 Å². The highest BCUT2D eigenvalue weighted by atomic mass is 16.5. The summed E-state index contributed by atoms with van der Waals surface area (Å²) in [5, 5.41) is 2.21. The largest absolute Gasteiger partial charge is 0.424 e. The van der Waals surface area contributed by atoms with Crippen LogP contribution in [0, 0.1) is 0 Å². The van der Waals surface area contributed by atoms with Gasteiger partial charge in [-0.15, -0.1) is 0 Å². The molecule has 0 saturated carbocycles. The number of esters is 1. The highest BCUT2D eigenvalue weighted by Crippen LogP contribution is 2.35. The number of nitrogens with zero attached hydrogens (tertiary/aromatic N) is 1. The fraction of sp³-hybridized carbons (Fsp3) is 0.263. The molecule has 0 fully saturated rings. The lowest BCUT2D eigenvalue weighted by molar-refractivity contribution is -0.136. The third kappa shape index (κ3) is 2.22. The SMILES string of the molecule is CC(=O)OC1=CC(=O)CN2C3=CCCCC3=c3ccccc3=C12. The molecule has 4 nitrogen and oxygen atoms in total. The molecule has 3 aliphatic rings. The normalized spacial score (nSPS) is 19.3. The van der Waals surface area contributed by atoms with E-state index < -0.39 is 5.97 Å². The van der Waals surface area contributed by atoms with Gasteiger partial charge in [0.25, 0.3) is 0 Å². The molecular weight excluding hydrogens is 290 g/mol. The Balaban J connectivity index is 2.08. The van der Waals surface area contributed by atoms with Crippen LogP contribution in [0.25, 0.3) is 11.3 Å². The number of benzene rings is 1. The molecule has 0 spiro atoms. The first-order valence-electron chi connectivity index (χ1n) is 7.89. The number of rotatable bonds is 1. The second-order valence-electron chi connectivity index (χ2n) is 6.01. The van der Waals surface area contributed by atoms with E-state index in [1.54, 1.807) is 0 Å². The van der Waals surface area contributed by atoms with Crippen molar-refractivity contribution < 1.29 is 14.3 Å². The minimum Gasteiger partial charge on any atom is -0.424 e. The smallest absolute Gasteiger partial charge is 0.308 e. The van der Waals surface area contributed by atoms with E-state index in [1.165, 1.54) is 23.8 Å². The fourth-order valence-electron chi connectivity index (χ4n) is 3.61. The van der Waals surface area contributed by atoms with Gasteiger partial charge in [-0.2, -0.15) is 0 Å². The summed E-state index contributed by atoms with van der Waals surface area (Å²) in [6.07, 6.45) is 6.77. The summed E-state index contributed by atoms with van der Waals surface area (Å²) in [4.78, 5) is 25.6. The second-order valence-corrected chi connectivity index (χ2v) is 6.01. The topological polar surface area (TPSA) is 46.6 Å². The Morgan fingerprint density at radius 1 is 1.22 bits per heavy atom. The zero-order valence-corrected chi connectivity index (χ0v) is 13.0. The Labute approximate surface area is 134 Å². The zero-order chi connectivity index (χ0) is 16.0. The quantitative estimate of drug-likeness (QED) is 0.735. The molecule has 2 aliphatic heterocycles. The predicted molar refractivity (Wildman–Crippen MR) is 86.0 cm³/mol. The maximum absolute atomic E-state index is 12.1. The van der Waals surface area contributed by atoms with Gasteiger partial charge in [0, 0.05) is 23.9 Å². The lowest BCUT2D eigenvalue weighted by Gasteiger charge is -2.37. The Hall–Kier alpha value is -2.62. The molecule has 1 aliphatic carbocycles. The van der Waals surface area contributed by atoms with Gasteiger partial charge in [-0.05, 0) is 30.1 Å². The van der Waals surface area contributed by atoms with E-state index in [9.17, 15) is 9.59 Å². The van der Waals surface area contributed by atoms with Gasteiger partial charge in [0.15, 0.2) is 11.5 Å². The number of ketones is 1. The van der Waals surface area contributed by atoms with Gasteiger partial charge < -0.3 is 9.64 Å². The first-order chi connectivity index (χ1) is 11.1. The summed E-state index contributed by atoms with van der Waals surface area (Å²) in [7, 11) is 0. The monoisotopic (exact) mass is 307 g/mol. The van der Waals surface area contributed by atoms with Crippen LogP contribution in [0.4, 0.5) is 0 Å². The van der Waals surface area contributed by atoms with E-state index in [4.69, 9.17) is 4.74 Å². The maximum Gasteiger partial charge on any atom is 0.308 e. The Morgan fingerprint density at radius 2 is 2.00 bits per heavy atom. The highest BCUT2D eigenvalue weighted by Gasteiger charge is 2.33. The summed E-state index contributed by atoms with van der Waals surface area (Å²) in [5.74, 6) is -0.106. The number of ether oxygens (including phenoxy) is 1. The molecule has 116 valence electrons. The fourth-order valence-corrected chi connectivity index (χ4v) is 3.61. The van der Waals surface area contributed by atoms with Crippen molar-refractivity contribution >= 4 is 23.0 Å². The van der Waals surface area contributed by atoms with Crippen molar-refractivity contribution in [3.8, 4) is 0 Å². The average Bonchev–Trinajstić information content (AvgIpc) is 2.54. The Kier molecular flexibility index (Phi) is 3.18. The summed E-state index contributed by atoms with van der Waals surface area (Å²) in [5.41, 5.74) is 3.20. The van der Waals surface area contributed by atoms with Crippen LogP contribution in [0.15, 0.2) is 47.9 Å². The number of carbonyl (C=O) groups is 2. The van der Waals surface area contributed by atoms with Crippen molar-refractivity contribution in [2.75, 3.05) is 6.54 Å². The van der Waals surface area contributed by atoms with Gasteiger partial charge in [-0.3, -0.25) is 9.59 Å². The van der Waals surface area contributed by atoms with Gasteiger partial charge >= 0.3 is 5.97 Å². The van der Waals surface area contributed by atoms with Crippen LogP contribution in [-0.2, 0) is 14.3 Å². The summed E-state index contributed by atoms with van der Waals surface area (Å²) in [6.45, 7) is 1.65. The van der Waals surface area contributed by atoms with Crippen LogP contribution < -0.4 is 10.4 Å². The predicted octanol–water partition coefficient (Wildman–Crippen LogP) is 1.36. The van der Waals surface area contributed by atoms with Crippen LogP contribution >= 0.6 is 0 Å². The minimum atomic E-state index is -0.414. The van der Waals surface area contributed by atoms with E-state index in [0.29, 0.717) is 12.3 Å². The van der Waals surface area contributed by atoms with Gasteiger partial charge in [-0.25, -0.2) is 0 Å². The van der Waals surface area contributed by atoms with Crippen LogP contribution in [0.5, 0.6) is 0 Å². The molecule has 1 aromatic rings. The van der Waals surface area contributed by atoms with Crippen molar-refractivity contribution in [3.05, 3.63) is 58.3 Å². The van der Waals surface area contributed by atoms with Gasteiger partial charge in [0.1, 0.15) is 0 Å². The molecule has 0 unspecified atom stereocenters. The summed E-state index contributed by atoms with van der Waals surface area (Å²) >= 11 is 0. The number of allylic oxidation sites excluding steroid dienone is 2. The standard InChI is InChI=1S/C19H17NO3/c1-12(21)23-18-10-13(22)11-20-17-9-5-4-7-15(17)14-6-2-3-8-16(14)19(18)20/h2-3,6,8-10H,4-5,7,11H2,1H3. The van der Waals surface area contributed by atoms with Crippen LogP contribution in [0.2, 0.25) is 0 Å². The van der Waals surface area contributed by atoms with Crippen molar-refractivity contribution in [1.29, 1.82) is 0 Å². The lowest BCUT2D eigenvalue weighted by atomic mass is 9.89. The molecule has 0 aromatic heterocycles. The minimum absolute atomic E-state index is 0.0461. The first kappa shape index (κ1) is 14.0. The second kappa shape index (κ2) is 5.23. The summed E-state index contributed by atoms with van der Waals surface area (Å²) in [6, 6.07) is 8.14. The summed E-state index contributed by atoms with van der Waals surface area (Å²) < 4.78 is 5.35. The molecule has 2 heterocycles. The van der Waals surface area contributed by atoms with Gasteiger partial charge in [0.05, 0.1) is 12.2 Å². The molecular formula is C19H17NO3. The molecule has 4 rings (SSSR count). The molecule has 0 amide bonds. The number of fused-ring (bicyclic) bond motifs is 4. The van der Waals surface area contributed by atoms with Gasteiger partial charge in [-0.1, -0.05) is 30.3 Å². The Bertz CT molecular complexity index is 905. The van der Waals surface area contributed by atoms with Crippen molar-refractivity contribution in [3.63, 3.8) is 0 Å². The molecule has 0 radical (unpaired) electrons. The van der Waals surface area contributed by atoms with Crippen molar-refractivity contribution in [1.82, 2.24) is 4.90 Å². The lowest BCUT2D eigenvalue weighted by Crippen LogP contribution is -2.46. The third-order valence-corrected chi connectivity index (χ3v) is 4.44. The third-order valence-electron chi connectivity index (χ3n) is 4.44. The number of hydrogen-bond acceptors (Lipinski definition) is 4. The molecule has 1 aromatic carbocycles. The average molecular weight is 307 g/mol. The maximum atomic E-state index is 12.1. The van der Waals surface area contributed by atoms with E-state index >= 15 is 0 Å². The van der Waals surface area contributed by atoms with E-state index in [2.05, 4.69) is 12.1 Å². The molecule has 23 heavy (non-hydrogen) atoms. The number of carbonyl (C=O) groups excluding carboxylic acids is 2. The van der Waals surface area contributed by atoms with E-state index in [0.717, 1.165) is 35.9 Å². The van der Waals surface area contributed by atoms with E-state index in [1.807, 2.05) is 23.1 Å². The van der Waals surface area contributed by atoms with E-state index in [-0.39, 0.29) is 5.78 Å². The highest BCUT2D eigenvalue weighted by molar-refractivity contribution is 5.99. The van der Waals surface area contributed by atoms with Crippen LogP contribution in [0.1, 0.15) is 26.2 Å². The molecule has 4 heteroatoms. The molecule has 0 N–H and O–H groups in total. The first-order valence-corrected chi connectivity index (χ1v) is 7.89. The van der Waals surface area contributed by atoms with Crippen molar-refractivity contribution in [2.45, 2.75) is 26.2 Å². The number of hydrogen-bond donors (Lipinski definition) is 0. The molecule has 0 bridgehead atoms. The Morgan fingerprint density at radius 3 is 2.78 bits per heavy atom. The zero-order valence-electron chi connectivity index (χ0n) is 13.0. The van der Waals surface area contributed by atoms with Crippen LogP contribution in [0.3, 0.4) is 0 Å². The van der Waals surface area contributed by atoms with Crippen LogP contribution in [-0.4, -0.2) is 23.2 Å². The van der Waals surface area contributed by atoms with Crippen molar-refractivity contribution in [2.24, 2.45) is 0 Å².